The van der Waals surface area contributed by atoms with E-state index in [9.17, 15) is 4.39 Å². The lowest BCUT2D eigenvalue weighted by atomic mass is 10.2. The first kappa shape index (κ1) is 14.9. The zero-order valence-corrected chi connectivity index (χ0v) is 12.7. The molecule has 106 valence electrons. The first-order valence-corrected chi connectivity index (χ1v) is 7.35. The van der Waals surface area contributed by atoms with Gasteiger partial charge in [0, 0.05) is 24.5 Å². The van der Waals surface area contributed by atoms with E-state index in [1.807, 2.05) is 19.1 Å². The Balaban J connectivity index is 2.09. The van der Waals surface area contributed by atoms with E-state index in [2.05, 4.69) is 29.1 Å². The summed E-state index contributed by atoms with van der Waals surface area (Å²) in [6, 6.07) is 7.47. The number of halogens is 1. The van der Waals surface area contributed by atoms with Gasteiger partial charge in [0.2, 0.25) is 0 Å². The molecule has 2 aromatic rings. The highest BCUT2D eigenvalue weighted by molar-refractivity contribution is 7.99. The van der Waals surface area contributed by atoms with Crippen LogP contribution in [0.4, 0.5) is 4.39 Å². The van der Waals surface area contributed by atoms with E-state index in [1.165, 1.54) is 11.8 Å². The third-order valence-electron chi connectivity index (χ3n) is 2.68. The van der Waals surface area contributed by atoms with E-state index in [4.69, 9.17) is 0 Å². The van der Waals surface area contributed by atoms with Crippen LogP contribution in [0.25, 0.3) is 0 Å². The van der Waals surface area contributed by atoms with Crippen molar-refractivity contribution in [3.05, 3.63) is 47.5 Å². The molecule has 20 heavy (non-hydrogen) atoms. The Bertz CT molecular complexity index is 587. The van der Waals surface area contributed by atoms with Crippen LogP contribution >= 0.6 is 11.8 Å². The van der Waals surface area contributed by atoms with Gasteiger partial charge in [0.15, 0.2) is 5.16 Å². The molecule has 0 aliphatic rings. The quantitative estimate of drug-likeness (QED) is 0.855. The van der Waals surface area contributed by atoms with Gasteiger partial charge in [0.1, 0.15) is 5.82 Å². The normalized spacial score (nSPS) is 11.1. The Labute approximate surface area is 123 Å². The van der Waals surface area contributed by atoms with Crippen LogP contribution < -0.4 is 5.32 Å². The standard InChI is InChI=1S/C15H18FN3S/c1-10(2)18-9-12-4-5-14(13(16)8-12)20-15-17-7-6-11(3)19-15/h4-8,10,18H,9H2,1-3H3. The van der Waals surface area contributed by atoms with Gasteiger partial charge in [-0.25, -0.2) is 14.4 Å². The fraction of sp³-hybridized carbons (Fsp3) is 0.333. The second-order valence-electron chi connectivity index (χ2n) is 4.88. The van der Waals surface area contributed by atoms with Gasteiger partial charge in [-0.05, 0) is 42.4 Å². The number of rotatable bonds is 5. The smallest absolute Gasteiger partial charge is 0.192 e. The molecule has 0 bridgehead atoms. The Morgan fingerprint density at radius 3 is 2.75 bits per heavy atom. The lowest BCUT2D eigenvalue weighted by molar-refractivity contribution is 0.574. The Kier molecular flexibility index (Phi) is 5.09. The largest absolute Gasteiger partial charge is 0.310 e. The van der Waals surface area contributed by atoms with E-state index < -0.39 is 0 Å². The van der Waals surface area contributed by atoms with Crippen molar-refractivity contribution < 1.29 is 4.39 Å². The van der Waals surface area contributed by atoms with Crippen LogP contribution in [0.5, 0.6) is 0 Å². The Morgan fingerprint density at radius 1 is 1.30 bits per heavy atom. The van der Waals surface area contributed by atoms with Gasteiger partial charge in [0.05, 0.1) is 4.90 Å². The molecule has 2 rings (SSSR count). The molecule has 1 aromatic heterocycles. The van der Waals surface area contributed by atoms with Crippen LogP contribution in [0.15, 0.2) is 40.5 Å². The summed E-state index contributed by atoms with van der Waals surface area (Å²) in [5.41, 5.74) is 1.81. The highest BCUT2D eigenvalue weighted by atomic mass is 32.2. The van der Waals surface area contributed by atoms with Crippen LogP contribution in [0.2, 0.25) is 0 Å². The van der Waals surface area contributed by atoms with E-state index in [-0.39, 0.29) is 5.82 Å². The summed E-state index contributed by atoms with van der Waals surface area (Å²) >= 11 is 1.24. The van der Waals surface area contributed by atoms with Crippen molar-refractivity contribution in [3.8, 4) is 0 Å². The number of benzene rings is 1. The first-order valence-electron chi connectivity index (χ1n) is 6.54. The molecular weight excluding hydrogens is 273 g/mol. The van der Waals surface area contributed by atoms with Crippen molar-refractivity contribution in [2.45, 2.75) is 43.4 Å². The molecule has 0 aliphatic heterocycles. The molecule has 0 spiro atoms. The van der Waals surface area contributed by atoms with Crippen LogP contribution in [-0.4, -0.2) is 16.0 Å². The SMILES string of the molecule is Cc1ccnc(Sc2ccc(CNC(C)C)cc2F)n1. The molecule has 0 amide bonds. The van der Waals surface area contributed by atoms with Crippen molar-refractivity contribution in [2.24, 2.45) is 0 Å². The second kappa shape index (κ2) is 6.81. The predicted molar refractivity (Wildman–Crippen MR) is 79.3 cm³/mol. The minimum atomic E-state index is -0.233. The van der Waals surface area contributed by atoms with E-state index in [0.29, 0.717) is 22.6 Å². The maximum atomic E-state index is 14.1. The van der Waals surface area contributed by atoms with Crippen molar-refractivity contribution in [2.75, 3.05) is 0 Å². The summed E-state index contributed by atoms with van der Waals surface area (Å²) < 4.78 is 14.1. The fourth-order valence-corrected chi connectivity index (χ4v) is 2.42. The molecule has 0 unspecified atom stereocenters. The zero-order valence-electron chi connectivity index (χ0n) is 11.9. The van der Waals surface area contributed by atoms with Gasteiger partial charge in [-0.2, -0.15) is 0 Å². The highest BCUT2D eigenvalue weighted by Gasteiger charge is 2.08. The summed E-state index contributed by atoms with van der Waals surface area (Å²) in [7, 11) is 0. The third kappa shape index (κ3) is 4.28. The fourth-order valence-electron chi connectivity index (χ4n) is 1.63. The van der Waals surface area contributed by atoms with Gasteiger partial charge < -0.3 is 5.32 Å². The van der Waals surface area contributed by atoms with Gasteiger partial charge in [-0.15, -0.1) is 0 Å². The molecule has 1 aromatic carbocycles. The van der Waals surface area contributed by atoms with Gasteiger partial charge in [-0.1, -0.05) is 19.9 Å². The van der Waals surface area contributed by atoms with Crippen molar-refractivity contribution >= 4 is 11.8 Å². The molecule has 0 atom stereocenters. The molecular formula is C15H18FN3S. The van der Waals surface area contributed by atoms with E-state index in [0.717, 1.165) is 11.3 Å². The predicted octanol–water partition coefficient (Wildman–Crippen LogP) is 3.57. The molecule has 5 heteroatoms. The molecule has 0 saturated heterocycles. The van der Waals surface area contributed by atoms with E-state index in [1.54, 1.807) is 18.3 Å². The first-order chi connectivity index (χ1) is 9.54. The lowest BCUT2D eigenvalue weighted by Crippen LogP contribution is -2.21. The summed E-state index contributed by atoms with van der Waals surface area (Å²) in [5.74, 6) is -0.233. The zero-order chi connectivity index (χ0) is 14.5. The number of aromatic nitrogens is 2. The Morgan fingerprint density at radius 2 is 2.10 bits per heavy atom. The van der Waals surface area contributed by atoms with Gasteiger partial charge >= 0.3 is 0 Å². The van der Waals surface area contributed by atoms with Crippen molar-refractivity contribution in [1.82, 2.24) is 15.3 Å². The summed E-state index contributed by atoms with van der Waals surface area (Å²) in [6.07, 6.45) is 1.68. The number of hydrogen-bond donors (Lipinski definition) is 1. The van der Waals surface area contributed by atoms with Crippen molar-refractivity contribution in [3.63, 3.8) is 0 Å². The number of aryl methyl sites for hydroxylation is 1. The minimum Gasteiger partial charge on any atom is -0.310 e. The summed E-state index contributed by atoms with van der Waals surface area (Å²) in [6.45, 7) is 6.69. The lowest BCUT2D eigenvalue weighted by Gasteiger charge is -2.09. The monoisotopic (exact) mass is 291 g/mol. The van der Waals surface area contributed by atoms with Crippen LogP contribution in [-0.2, 0) is 6.54 Å². The number of nitrogens with one attached hydrogen (secondary N) is 1. The van der Waals surface area contributed by atoms with E-state index >= 15 is 0 Å². The molecule has 3 nitrogen and oxygen atoms in total. The second-order valence-corrected chi connectivity index (χ2v) is 5.89. The van der Waals surface area contributed by atoms with Crippen molar-refractivity contribution in [1.29, 1.82) is 0 Å². The molecule has 0 aliphatic carbocycles. The number of nitrogens with zero attached hydrogens (tertiary/aromatic N) is 2. The summed E-state index contributed by atoms with van der Waals surface area (Å²) in [5, 5.41) is 3.83. The average molecular weight is 291 g/mol. The molecule has 0 fully saturated rings. The molecule has 1 N–H and O–H groups in total. The molecule has 1 heterocycles. The van der Waals surface area contributed by atoms with Gasteiger partial charge in [0.25, 0.3) is 0 Å². The molecule has 0 saturated carbocycles. The highest BCUT2D eigenvalue weighted by Crippen LogP contribution is 2.27. The van der Waals surface area contributed by atoms with Crippen LogP contribution in [0.3, 0.4) is 0 Å². The minimum absolute atomic E-state index is 0.233. The van der Waals surface area contributed by atoms with Crippen LogP contribution in [0, 0.1) is 12.7 Å². The molecule has 0 radical (unpaired) electrons. The van der Waals surface area contributed by atoms with Gasteiger partial charge in [-0.3, -0.25) is 0 Å². The van der Waals surface area contributed by atoms with Crippen LogP contribution in [0.1, 0.15) is 25.1 Å². The number of hydrogen-bond acceptors (Lipinski definition) is 4. The maximum Gasteiger partial charge on any atom is 0.192 e. The topological polar surface area (TPSA) is 37.8 Å². The maximum absolute atomic E-state index is 14.1. The third-order valence-corrected chi connectivity index (χ3v) is 3.61. The Hall–Kier alpha value is -1.46. The average Bonchev–Trinajstić information content (AvgIpc) is 2.39. The summed E-state index contributed by atoms with van der Waals surface area (Å²) in [4.78, 5) is 8.94.